The van der Waals surface area contributed by atoms with Crippen molar-refractivity contribution >= 4 is 11.6 Å². The lowest BCUT2D eigenvalue weighted by Crippen LogP contribution is -2.65. The molecule has 7 nitrogen and oxygen atoms in total. The van der Waals surface area contributed by atoms with Crippen LogP contribution >= 0.6 is 11.6 Å². The molecule has 0 saturated heterocycles. The van der Waals surface area contributed by atoms with Crippen molar-refractivity contribution in [3.8, 4) is 0 Å². The van der Waals surface area contributed by atoms with Crippen LogP contribution in [0.15, 0.2) is 0 Å². The number of alkyl halides is 1. The molecule has 0 aromatic carbocycles. The summed E-state index contributed by atoms with van der Waals surface area (Å²) in [5.74, 6) is -0.366. The van der Waals surface area contributed by atoms with E-state index in [4.69, 9.17) is 16.4 Å². The molecule has 4 aliphatic rings. The quantitative estimate of drug-likeness (QED) is 0.340. The molecule has 4 saturated carbocycles. The summed E-state index contributed by atoms with van der Waals surface area (Å²) < 4.78 is 0. The summed E-state index contributed by atoms with van der Waals surface area (Å²) in [5.41, 5.74) is -0.825. The molecule has 3 unspecified atom stereocenters. The summed E-state index contributed by atoms with van der Waals surface area (Å²) in [5, 5.41) is 21.1. The van der Waals surface area contributed by atoms with E-state index < -0.39 is 20.6 Å². The SMILES string of the molecule is O=[N+]([O-])OC12CC3C[C@H](C1)C(Cl)([N+](=O)[O-])[C@@H](C3)C2. The molecule has 4 rings (SSSR count). The Morgan fingerprint density at radius 1 is 1.11 bits per heavy atom. The molecular weight excluding hydrogens is 264 g/mol. The van der Waals surface area contributed by atoms with Crippen LogP contribution in [0.3, 0.4) is 0 Å². The average Bonchev–Trinajstić information content (AvgIpc) is 2.22. The zero-order valence-electron chi connectivity index (χ0n) is 9.58. The van der Waals surface area contributed by atoms with E-state index in [0.29, 0.717) is 32.1 Å². The molecule has 8 heteroatoms. The molecule has 4 fully saturated rings. The van der Waals surface area contributed by atoms with Gasteiger partial charge in [0.05, 0.1) is 0 Å². The molecule has 18 heavy (non-hydrogen) atoms. The molecule has 0 aliphatic heterocycles. The van der Waals surface area contributed by atoms with Crippen molar-refractivity contribution in [1.29, 1.82) is 0 Å². The third-order valence-corrected chi connectivity index (χ3v) is 5.58. The third kappa shape index (κ3) is 1.43. The van der Waals surface area contributed by atoms with Gasteiger partial charge in [0, 0.05) is 16.8 Å². The van der Waals surface area contributed by atoms with Gasteiger partial charge >= 0.3 is 5.00 Å². The fraction of sp³-hybridized carbons (Fsp3) is 1.00. The van der Waals surface area contributed by atoms with E-state index in [-0.39, 0.29) is 17.8 Å². The van der Waals surface area contributed by atoms with Gasteiger partial charge in [-0.15, -0.1) is 10.1 Å². The highest BCUT2D eigenvalue weighted by atomic mass is 35.5. The summed E-state index contributed by atoms with van der Waals surface area (Å²) in [6, 6.07) is 0. The summed E-state index contributed by atoms with van der Waals surface area (Å²) in [4.78, 5) is 24.9. The van der Waals surface area contributed by atoms with Crippen LogP contribution < -0.4 is 0 Å². The molecule has 5 atom stereocenters. The van der Waals surface area contributed by atoms with Gasteiger partial charge in [-0.05, 0) is 49.6 Å². The second kappa shape index (κ2) is 3.46. The molecule has 0 N–H and O–H groups in total. The van der Waals surface area contributed by atoms with E-state index in [1.807, 2.05) is 0 Å². The van der Waals surface area contributed by atoms with Gasteiger partial charge in [-0.1, -0.05) is 0 Å². The maximum atomic E-state index is 11.2. The van der Waals surface area contributed by atoms with E-state index >= 15 is 0 Å². The van der Waals surface area contributed by atoms with Crippen LogP contribution in [0, 0.1) is 38.0 Å². The monoisotopic (exact) mass is 276 g/mol. The van der Waals surface area contributed by atoms with Gasteiger partial charge in [-0.2, -0.15) is 0 Å². The first-order valence-corrected chi connectivity index (χ1v) is 6.40. The van der Waals surface area contributed by atoms with Crippen molar-refractivity contribution in [2.24, 2.45) is 17.8 Å². The minimum Gasteiger partial charge on any atom is -0.307 e. The van der Waals surface area contributed by atoms with Crippen LogP contribution in [0.25, 0.3) is 0 Å². The Morgan fingerprint density at radius 2 is 1.67 bits per heavy atom. The molecular formula is C10H13ClN2O5. The van der Waals surface area contributed by atoms with Gasteiger partial charge in [0.15, 0.2) is 0 Å². The van der Waals surface area contributed by atoms with E-state index in [1.165, 1.54) is 0 Å². The Bertz CT molecular complexity index is 412. The van der Waals surface area contributed by atoms with E-state index in [2.05, 4.69) is 0 Å². The summed E-state index contributed by atoms with van der Waals surface area (Å²) in [6.07, 6.45) is 2.65. The predicted molar refractivity (Wildman–Crippen MR) is 59.9 cm³/mol. The summed E-state index contributed by atoms with van der Waals surface area (Å²) in [6.45, 7) is 0. The van der Waals surface area contributed by atoms with Crippen molar-refractivity contribution in [2.45, 2.75) is 42.7 Å². The number of hydrogen-bond donors (Lipinski definition) is 0. The molecule has 0 radical (unpaired) electrons. The van der Waals surface area contributed by atoms with Crippen LogP contribution in [0.1, 0.15) is 32.1 Å². The Labute approximate surface area is 108 Å². The second-order valence-electron chi connectivity index (χ2n) is 5.83. The maximum Gasteiger partial charge on any atom is 0.300 e. The smallest absolute Gasteiger partial charge is 0.300 e. The Hall–Kier alpha value is -1.11. The highest BCUT2D eigenvalue weighted by molar-refractivity contribution is 6.23. The molecule has 0 amide bonds. The van der Waals surface area contributed by atoms with Crippen molar-refractivity contribution < 1.29 is 14.8 Å². The maximum absolute atomic E-state index is 11.2. The molecule has 0 aromatic rings. The standard InChI is InChI=1S/C10H13ClN2O5/c11-10(12(14)15)7-1-6-2-8(10)5-9(3-6,4-7)18-13(16)17/h6-8H,1-5H2/t6?,7-,8+,9?,10?. The van der Waals surface area contributed by atoms with Crippen molar-refractivity contribution in [3.05, 3.63) is 20.2 Å². The van der Waals surface area contributed by atoms with E-state index in [0.717, 1.165) is 0 Å². The zero-order valence-corrected chi connectivity index (χ0v) is 10.3. The molecule has 4 aliphatic carbocycles. The predicted octanol–water partition coefficient (Wildman–Crippen LogP) is 1.99. The number of halogens is 1. The molecule has 0 aromatic heterocycles. The fourth-order valence-corrected chi connectivity index (χ4v) is 4.76. The lowest BCUT2D eigenvalue weighted by Gasteiger charge is -2.57. The molecule has 100 valence electrons. The first kappa shape index (κ1) is 12.0. The summed E-state index contributed by atoms with van der Waals surface area (Å²) >= 11 is 6.24. The number of hydrogen-bond acceptors (Lipinski definition) is 5. The zero-order chi connectivity index (χ0) is 13.1. The minimum atomic E-state index is -1.44. The van der Waals surface area contributed by atoms with Gasteiger partial charge in [-0.3, -0.25) is 10.1 Å². The third-order valence-electron chi connectivity index (χ3n) is 4.83. The fourth-order valence-electron chi connectivity index (χ4n) is 4.43. The van der Waals surface area contributed by atoms with Crippen molar-refractivity contribution in [1.82, 2.24) is 0 Å². The lowest BCUT2D eigenvalue weighted by atomic mass is 9.52. The van der Waals surface area contributed by atoms with Crippen LogP contribution in [-0.2, 0) is 4.84 Å². The second-order valence-corrected chi connectivity index (χ2v) is 6.43. The average molecular weight is 277 g/mol. The van der Waals surface area contributed by atoms with Gasteiger partial charge < -0.3 is 4.84 Å². The minimum absolute atomic E-state index is 0.272. The van der Waals surface area contributed by atoms with E-state index in [1.54, 1.807) is 0 Å². The topological polar surface area (TPSA) is 95.5 Å². The van der Waals surface area contributed by atoms with Crippen molar-refractivity contribution in [2.75, 3.05) is 0 Å². The van der Waals surface area contributed by atoms with Gasteiger partial charge in [0.2, 0.25) is 0 Å². The Kier molecular flexibility index (Phi) is 2.30. The molecule has 0 heterocycles. The lowest BCUT2D eigenvalue weighted by molar-refractivity contribution is -0.786. The van der Waals surface area contributed by atoms with Crippen LogP contribution in [0.4, 0.5) is 0 Å². The molecule has 0 spiro atoms. The van der Waals surface area contributed by atoms with Crippen LogP contribution in [-0.4, -0.2) is 20.6 Å². The largest absolute Gasteiger partial charge is 0.307 e. The van der Waals surface area contributed by atoms with Gasteiger partial charge in [0.1, 0.15) is 5.60 Å². The van der Waals surface area contributed by atoms with Gasteiger partial charge in [0.25, 0.3) is 5.09 Å². The number of nitrogens with zero attached hydrogens (tertiary/aromatic N) is 2. The van der Waals surface area contributed by atoms with Crippen LogP contribution in [0.2, 0.25) is 0 Å². The van der Waals surface area contributed by atoms with Crippen molar-refractivity contribution in [3.63, 3.8) is 0 Å². The van der Waals surface area contributed by atoms with E-state index in [9.17, 15) is 20.2 Å². The number of rotatable bonds is 3. The Balaban J connectivity index is 1.93. The molecule has 4 bridgehead atoms. The normalized spacial score (nSPS) is 49.1. The van der Waals surface area contributed by atoms with Crippen LogP contribution in [0.5, 0.6) is 0 Å². The highest BCUT2D eigenvalue weighted by Gasteiger charge is 2.69. The number of nitro groups is 1. The summed E-state index contributed by atoms with van der Waals surface area (Å²) in [7, 11) is 0. The first-order valence-electron chi connectivity index (χ1n) is 6.03. The first-order chi connectivity index (χ1) is 8.36. The van der Waals surface area contributed by atoms with Gasteiger partial charge in [-0.25, -0.2) is 0 Å². The highest BCUT2D eigenvalue weighted by Crippen LogP contribution is 2.63. The Morgan fingerprint density at radius 3 is 2.11 bits per heavy atom.